The number of carbonyl (C=O) groups excluding carboxylic acids is 1. The van der Waals surface area contributed by atoms with E-state index in [1.807, 2.05) is 36.4 Å². The number of nitrogens with zero attached hydrogens (tertiary/aromatic N) is 5. The number of benzene rings is 1. The smallest absolute Gasteiger partial charge is 0.266 e. The van der Waals surface area contributed by atoms with E-state index in [0.717, 1.165) is 27.9 Å². The van der Waals surface area contributed by atoms with Crippen LogP contribution in [0, 0.1) is 5.92 Å². The largest absolute Gasteiger partial charge is 0.289 e. The van der Waals surface area contributed by atoms with Crippen molar-refractivity contribution in [1.29, 1.82) is 0 Å². The Morgan fingerprint density at radius 1 is 1.25 bits per heavy atom. The van der Waals surface area contributed by atoms with Gasteiger partial charge >= 0.3 is 0 Å². The molecule has 0 spiro atoms. The van der Waals surface area contributed by atoms with Crippen molar-refractivity contribution in [3.63, 3.8) is 0 Å². The predicted octanol–water partition coefficient (Wildman–Crippen LogP) is 4.52. The van der Waals surface area contributed by atoms with E-state index in [-0.39, 0.29) is 5.91 Å². The molecule has 0 saturated carbocycles. The molecular formula is C20H19N5OS2. The number of hydrogen-bond acceptors (Lipinski definition) is 7. The van der Waals surface area contributed by atoms with E-state index >= 15 is 0 Å². The third-order valence-corrected chi connectivity index (χ3v) is 6.06. The fourth-order valence-electron chi connectivity index (χ4n) is 2.79. The van der Waals surface area contributed by atoms with Crippen molar-refractivity contribution in [2.75, 3.05) is 7.05 Å². The van der Waals surface area contributed by atoms with Gasteiger partial charge in [0.2, 0.25) is 5.13 Å². The highest BCUT2D eigenvalue weighted by molar-refractivity contribution is 8.18. The Hall–Kier alpha value is -2.58. The molecule has 142 valence electrons. The average molecular weight is 410 g/mol. The highest BCUT2D eigenvalue weighted by Crippen LogP contribution is 2.34. The number of amides is 1. The number of aromatic nitrogens is 3. The number of fused-ring (bicyclic) bond motifs is 1. The van der Waals surface area contributed by atoms with Crippen LogP contribution in [0.1, 0.15) is 24.4 Å². The summed E-state index contributed by atoms with van der Waals surface area (Å²) < 4.78 is 0. The van der Waals surface area contributed by atoms with Gasteiger partial charge in [0.15, 0.2) is 5.17 Å². The lowest BCUT2D eigenvalue weighted by molar-refractivity contribution is -0.121. The minimum Gasteiger partial charge on any atom is -0.289 e. The average Bonchev–Trinajstić information content (AvgIpc) is 3.21. The van der Waals surface area contributed by atoms with Gasteiger partial charge in [0.25, 0.3) is 5.91 Å². The monoisotopic (exact) mass is 409 g/mol. The van der Waals surface area contributed by atoms with Crippen LogP contribution in [-0.2, 0) is 11.2 Å². The molecule has 6 nitrogen and oxygen atoms in total. The molecule has 28 heavy (non-hydrogen) atoms. The molecule has 8 heteroatoms. The van der Waals surface area contributed by atoms with Crippen molar-refractivity contribution < 1.29 is 4.79 Å². The Bertz CT molecular complexity index is 1100. The third kappa shape index (κ3) is 3.98. The summed E-state index contributed by atoms with van der Waals surface area (Å²) in [5, 5.41) is 11.5. The second kappa shape index (κ2) is 7.81. The van der Waals surface area contributed by atoms with Gasteiger partial charge in [-0.2, -0.15) is 4.99 Å². The molecule has 3 heterocycles. The molecule has 0 N–H and O–H groups in total. The number of rotatable bonds is 4. The SMILES string of the molecule is CC(C)Cc1nnc(/N=C2/S/C(=C\c3ccc4ncccc4c3)C(=O)N2C)s1. The molecule has 4 rings (SSSR count). The number of likely N-dealkylation sites (N-methyl/N-ethyl adjacent to an activating group) is 1. The van der Waals surface area contributed by atoms with Crippen molar-refractivity contribution in [3.8, 4) is 0 Å². The third-order valence-electron chi connectivity index (χ3n) is 4.16. The van der Waals surface area contributed by atoms with Gasteiger partial charge in [-0.1, -0.05) is 37.3 Å². The van der Waals surface area contributed by atoms with Crippen molar-refractivity contribution >= 4 is 56.3 Å². The van der Waals surface area contributed by atoms with Crippen molar-refractivity contribution in [2.45, 2.75) is 20.3 Å². The highest BCUT2D eigenvalue weighted by Gasteiger charge is 2.30. The number of pyridine rings is 1. The van der Waals surface area contributed by atoms with Crippen molar-refractivity contribution in [2.24, 2.45) is 10.9 Å². The van der Waals surface area contributed by atoms with E-state index in [4.69, 9.17) is 0 Å². The van der Waals surface area contributed by atoms with Gasteiger partial charge in [0, 0.05) is 25.1 Å². The predicted molar refractivity (Wildman–Crippen MR) is 116 cm³/mol. The Morgan fingerprint density at radius 2 is 2.11 bits per heavy atom. The normalized spacial score (nSPS) is 17.6. The van der Waals surface area contributed by atoms with E-state index in [1.54, 1.807) is 18.1 Å². The summed E-state index contributed by atoms with van der Waals surface area (Å²) >= 11 is 2.83. The lowest BCUT2D eigenvalue weighted by Gasteiger charge is -2.05. The molecule has 0 aliphatic carbocycles. The summed E-state index contributed by atoms with van der Waals surface area (Å²) in [7, 11) is 1.73. The summed E-state index contributed by atoms with van der Waals surface area (Å²) in [6, 6.07) is 9.87. The van der Waals surface area contributed by atoms with Gasteiger partial charge in [0.05, 0.1) is 10.4 Å². The molecule has 1 aromatic carbocycles. The van der Waals surface area contributed by atoms with Crippen molar-refractivity contribution in [1.82, 2.24) is 20.1 Å². The highest BCUT2D eigenvalue weighted by atomic mass is 32.2. The van der Waals surface area contributed by atoms with E-state index < -0.39 is 0 Å². The molecule has 1 aliphatic heterocycles. The maximum absolute atomic E-state index is 12.6. The Morgan fingerprint density at radius 3 is 2.93 bits per heavy atom. The number of amidine groups is 1. The Labute approximate surface area is 171 Å². The van der Waals surface area contributed by atoms with Crippen LogP contribution < -0.4 is 0 Å². The summed E-state index contributed by atoms with van der Waals surface area (Å²) in [6.07, 6.45) is 4.55. The fourth-order valence-corrected chi connectivity index (χ4v) is 4.74. The van der Waals surface area contributed by atoms with Crippen molar-refractivity contribution in [3.05, 3.63) is 52.0 Å². The first-order chi connectivity index (χ1) is 13.5. The molecular weight excluding hydrogens is 390 g/mol. The standard InChI is InChI=1S/C20H19N5OS2/c1-12(2)9-17-23-24-19(28-17)22-20-25(3)18(26)16(27-20)11-13-6-7-15-14(10-13)5-4-8-21-15/h4-8,10-12H,9H2,1-3H3/b16-11-,22-20+. The van der Waals surface area contributed by atoms with E-state index in [2.05, 4.69) is 34.0 Å². The Balaban J connectivity index is 1.59. The first kappa shape index (κ1) is 18.8. The lowest BCUT2D eigenvalue weighted by Crippen LogP contribution is -2.23. The molecule has 1 aliphatic rings. The maximum atomic E-state index is 12.6. The minimum absolute atomic E-state index is 0.0676. The number of aliphatic imine (C=N–C) groups is 1. The van der Waals surface area contributed by atoms with Crippen LogP contribution in [0.5, 0.6) is 0 Å². The van der Waals surface area contributed by atoms with Gasteiger partial charge in [-0.15, -0.1) is 10.2 Å². The molecule has 0 radical (unpaired) electrons. The molecule has 3 aromatic rings. The molecule has 1 amide bonds. The van der Waals surface area contributed by atoms with Crippen LogP contribution in [0.15, 0.2) is 46.4 Å². The van der Waals surface area contributed by atoms with Crippen LogP contribution in [0.2, 0.25) is 0 Å². The first-order valence-corrected chi connectivity index (χ1v) is 10.6. The topological polar surface area (TPSA) is 71.3 Å². The van der Waals surface area contributed by atoms with Gasteiger partial charge in [-0.05, 0) is 47.5 Å². The Kier molecular flexibility index (Phi) is 5.23. The van der Waals surface area contributed by atoms with Crippen LogP contribution in [-0.4, -0.2) is 38.2 Å². The van der Waals surface area contributed by atoms with Crippen LogP contribution in [0.25, 0.3) is 17.0 Å². The first-order valence-electron chi connectivity index (χ1n) is 8.93. The second-order valence-electron chi connectivity index (χ2n) is 6.90. The van der Waals surface area contributed by atoms with Crippen LogP contribution >= 0.6 is 23.1 Å². The summed E-state index contributed by atoms with van der Waals surface area (Å²) in [5.74, 6) is 0.451. The van der Waals surface area contributed by atoms with E-state index in [1.165, 1.54) is 23.1 Å². The zero-order valence-corrected chi connectivity index (χ0v) is 17.4. The zero-order valence-electron chi connectivity index (χ0n) is 15.8. The number of thioether (sulfide) groups is 1. The maximum Gasteiger partial charge on any atom is 0.266 e. The number of carbonyl (C=O) groups is 1. The number of hydrogen-bond donors (Lipinski definition) is 0. The summed E-state index contributed by atoms with van der Waals surface area (Å²) in [5.41, 5.74) is 1.89. The quantitative estimate of drug-likeness (QED) is 0.593. The van der Waals surface area contributed by atoms with Crippen LogP contribution in [0.4, 0.5) is 5.13 Å². The fraction of sp³-hybridized carbons (Fsp3) is 0.250. The van der Waals surface area contributed by atoms with E-state index in [0.29, 0.717) is 21.1 Å². The molecule has 1 fully saturated rings. The summed E-state index contributed by atoms with van der Waals surface area (Å²) in [4.78, 5) is 23.7. The van der Waals surface area contributed by atoms with Crippen LogP contribution in [0.3, 0.4) is 0 Å². The van der Waals surface area contributed by atoms with E-state index in [9.17, 15) is 4.79 Å². The summed E-state index contributed by atoms with van der Waals surface area (Å²) in [6.45, 7) is 4.29. The van der Waals surface area contributed by atoms with Gasteiger partial charge in [-0.3, -0.25) is 14.7 Å². The van der Waals surface area contributed by atoms with Gasteiger partial charge in [-0.25, -0.2) is 0 Å². The zero-order chi connectivity index (χ0) is 19.7. The molecule has 0 atom stereocenters. The van der Waals surface area contributed by atoms with Gasteiger partial charge in [0.1, 0.15) is 5.01 Å². The minimum atomic E-state index is -0.0676. The molecule has 0 unspecified atom stereocenters. The van der Waals surface area contributed by atoms with Gasteiger partial charge < -0.3 is 0 Å². The second-order valence-corrected chi connectivity index (χ2v) is 8.95. The molecule has 0 bridgehead atoms. The lowest BCUT2D eigenvalue weighted by atomic mass is 10.1. The molecule has 2 aromatic heterocycles. The molecule has 1 saturated heterocycles.